The molecule has 0 atom stereocenters. The largest absolute Gasteiger partial charge is 0.298 e. The summed E-state index contributed by atoms with van der Waals surface area (Å²) in [6, 6.07) is 11.6. The van der Waals surface area contributed by atoms with E-state index in [4.69, 9.17) is 0 Å². The highest BCUT2D eigenvalue weighted by Gasteiger charge is 2.25. The molecule has 23 heavy (non-hydrogen) atoms. The van der Waals surface area contributed by atoms with Crippen LogP contribution in [0.25, 0.3) is 10.9 Å². The minimum Gasteiger partial charge on any atom is -0.298 e. The van der Waals surface area contributed by atoms with Gasteiger partial charge >= 0.3 is 0 Å². The highest BCUT2D eigenvalue weighted by molar-refractivity contribution is 7.99. The molecule has 0 N–H and O–H groups in total. The molecule has 0 saturated carbocycles. The molecule has 3 heterocycles. The minimum absolute atomic E-state index is 0.847. The van der Waals surface area contributed by atoms with Crippen molar-refractivity contribution in [2.45, 2.75) is 25.4 Å². The first-order chi connectivity index (χ1) is 11.4. The van der Waals surface area contributed by atoms with Crippen LogP contribution in [0.2, 0.25) is 0 Å². The van der Waals surface area contributed by atoms with Gasteiger partial charge in [-0.1, -0.05) is 18.2 Å². The van der Waals surface area contributed by atoms with Crippen molar-refractivity contribution < 1.29 is 0 Å². The number of aromatic nitrogens is 1. The first-order valence-corrected chi connectivity index (χ1v) is 9.92. The van der Waals surface area contributed by atoms with E-state index in [1.165, 1.54) is 61.5 Å². The molecule has 2 aliphatic rings. The predicted molar refractivity (Wildman–Crippen MR) is 98.9 cm³/mol. The highest BCUT2D eigenvalue weighted by Crippen LogP contribution is 2.24. The summed E-state index contributed by atoms with van der Waals surface area (Å²) in [5.41, 5.74) is 2.53. The molecule has 0 bridgehead atoms. The number of fused-ring (bicyclic) bond motifs is 1. The molecule has 2 saturated heterocycles. The van der Waals surface area contributed by atoms with Gasteiger partial charge < -0.3 is 0 Å². The highest BCUT2D eigenvalue weighted by atomic mass is 32.2. The Morgan fingerprint density at radius 2 is 1.83 bits per heavy atom. The van der Waals surface area contributed by atoms with Crippen molar-refractivity contribution >= 4 is 22.7 Å². The molecule has 2 aromatic rings. The van der Waals surface area contributed by atoms with Gasteiger partial charge in [0.25, 0.3) is 0 Å². The average molecular weight is 327 g/mol. The van der Waals surface area contributed by atoms with E-state index in [1.807, 2.05) is 12.3 Å². The Kier molecular flexibility index (Phi) is 4.83. The predicted octanol–water partition coefficient (Wildman–Crippen LogP) is 3.25. The van der Waals surface area contributed by atoms with Gasteiger partial charge in [-0.3, -0.25) is 14.8 Å². The van der Waals surface area contributed by atoms with Crippen LogP contribution in [0.4, 0.5) is 0 Å². The van der Waals surface area contributed by atoms with Gasteiger partial charge in [-0.2, -0.15) is 11.8 Å². The number of piperazine rings is 1. The summed E-state index contributed by atoms with van der Waals surface area (Å²) in [4.78, 5) is 9.82. The summed E-state index contributed by atoms with van der Waals surface area (Å²) in [6.07, 6.45) is 4.66. The Labute approximate surface area is 143 Å². The molecule has 2 aliphatic heterocycles. The van der Waals surface area contributed by atoms with E-state index in [2.05, 4.69) is 50.8 Å². The lowest BCUT2D eigenvalue weighted by Gasteiger charge is -2.40. The maximum atomic E-state index is 4.48. The summed E-state index contributed by atoms with van der Waals surface area (Å²) in [7, 11) is 0. The number of hydrogen-bond donors (Lipinski definition) is 0. The van der Waals surface area contributed by atoms with Crippen LogP contribution >= 0.6 is 11.8 Å². The third kappa shape index (κ3) is 3.54. The van der Waals surface area contributed by atoms with Crippen LogP contribution < -0.4 is 0 Å². The lowest BCUT2D eigenvalue weighted by molar-refractivity contribution is 0.0882. The zero-order valence-corrected chi connectivity index (χ0v) is 14.5. The van der Waals surface area contributed by atoms with Crippen molar-refractivity contribution in [3.8, 4) is 0 Å². The lowest BCUT2D eigenvalue weighted by atomic mass is 10.1. The molecule has 3 nitrogen and oxygen atoms in total. The van der Waals surface area contributed by atoms with Crippen LogP contribution in [0.1, 0.15) is 18.4 Å². The number of benzene rings is 1. The third-order valence-electron chi connectivity index (χ3n) is 5.24. The van der Waals surface area contributed by atoms with E-state index in [-0.39, 0.29) is 0 Å². The third-order valence-corrected chi connectivity index (χ3v) is 6.29. The zero-order valence-electron chi connectivity index (χ0n) is 13.7. The molecule has 1 aromatic heterocycles. The Morgan fingerprint density at radius 3 is 2.65 bits per heavy atom. The molecule has 0 aliphatic carbocycles. The van der Waals surface area contributed by atoms with Crippen LogP contribution in [0, 0.1) is 0 Å². The molecule has 0 radical (unpaired) electrons. The van der Waals surface area contributed by atoms with E-state index >= 15 is 0 Å². The van der Waals surface area contributed by atoms with Crippen molar-refractivity contribution in [1.82, 2.24) is 14.8 Å². The summed E-state index contributed by atoms with van der Waals surface area (Å²) in [6.45, 7) is 5.91. The van der Waals surface area contributed by atoms with Gasteiger partial charge in [0.2, 0.25) is 0 Å². The van der Waals surface area contributed by atoms with E-state index in [0.29, 0.717) is 0 Å². The van der Waals surface area contributed by atoms with E-state index < -0.39 is 0 Å². The Balaban J connectivity index is 1.39. The maximum Gasteiger partial charge on any atom is 0.0705 e. The maximum absolute atomic E-state index is 4.48. The SMILES string of the molecule is c1cc(CN2CCN(C3CCSCC3)CC2)c2cccnc2c1. The average Bonchev–Trinajstić information content (AvgIpc) is 2.63. The van der Waals surface area contributed by atoms with E-state index in [9.17, 15) is 0 Å². The Morgan fingerprint density at radius 1 is 1.00 bits per heavy atom. The van der Waals surface area contributed by atoms with Crippen LogP contribution in [-0.2, 0) is 6.54 Å². The number of pyridine rings is 1. The second kappa shape index (κ2) is 7.20. The van der Waals surface area contributed by atoms with Gasteiger partial charge in [0.1, 0.15) is 0 Å². The first kappa shape index (κ1) is 15.4. The van der Waals surface area contributed by atoms with Crippen LogP contribution in [-0.4, -0.2) is 58.5 Å². The second-order valence-electron chi connectivity index (χ2n) is 6.64. The first-order valence-electron chi connectivity index (χ1n) is 8.77. The van der Waals surface area contributed by atoms with Crippen molar-refractivity contribution in [1.29, 1.82) is 0 Å². The van der Waals surface area contributed by atoms with Gasteiger partial charge in [-0.05, 0) is 42.0 Å². The molecule has 4 rings (SSSR count). The standard InChI is InChI=1S/C19H25N3S/c1-3-16(18-4-2-8-20-19(18)5-1)15-21-9-11-22(12-10-21)17-6-13-23-14-7-17/h1-5,8,17H,6-7,9-15H2. The van der Waals surface area contributed by atoms with Gasteiger partial charge in [0.15, 0.2) is 0 Å². The summed E-state index contributed by atoms with van der Waals surface area (Å²) in [5.74, 6) is 2.71. The Bertz CT molecular complexity index is 641. The minimum atomic E-state index is 0.847. The van der Waals surface area contributed by atoms with Gasteiger partial charge in [0.05, 0.1) is 5.52 Å². The van der Waals surface area contributed by atoms with Crippen molar-refractivity contribution in [3.63, 3.8) is 0 Å². The van der Waals surface area contributed by atoms with Crippen LogP contribution in [0.15, 0.2) is 36.5 Å². The molecular weight excluding hydrogens is 302 g/mol. The number of thioether (sulfide) groups is 1. The van der Waals surface area contributed by atoms with Crippen LogP contribution in [0.5, 0.6) is 0 Å². The molecule has 0 spiro atoms. The van der Waals surface area contributed by atoms with Gasteiger partial charge in [-0.25, -0.2) is 0 Å². The fourth-order valence-electron chi connectivity index (χ4n) is 3.88. The fraction of sp³-hybridized carbons (Fsp3) is 0.526. The molecule has 0 unspecified atom stereocenters. The normalized spacial score (nSPS) is 21.7. The second-order valence-corrected chi connectivity index (χ2v) is 7.87. The Hall–Kier alpha value is -1.10. The van der Waals surface area contributed by atoms with Crippen molar-refractivity contribution in [2.24, 2.45) is 0 Å². The molecule has 0 amide bonds. The van der Waals surface area contributed by atoms with E-state index in [1.54, 1.807) is 0 Å². The van der Waals surface area contributed by atoms with Crippen molar-refractivity contribution in [3.05, 3.63) is 42.1 Å². The lowest BCUT2D eigenvalue weighted by Crippen LogP contribution is -2.50. The van der Waals surface area contributed by atoms with Gasteiger partial charge in [0, 0.05) is 50.3 Å². The molecular formula is C19H25N3S. The number of hydrogen-bond acceptors (Lipinski definition) is 4. The molecule has 122 valence electrons. The molecule has 2 fully saturated rings. The quantitative estimate of drug-likeness (QED) is 0.861. The summed E-state index contributed by atoms with van der Waals surface area (Å²) >= 11 is 2.12. The fourth-order valence-corrected chi connectivity index (χ4v) is 4.96. The smallest absolute Gasteiger partial charge is 0.0705 e. The summed E-state index contributed by atoms with van der Waals surface area (Å²) in [5, 5.41) is 1.31. The van der Waals surface area contributed by atoms with Crippen molar-refractivity contribution in [2.75, 3.05) is 37.7 Å². The number of nitrogens with zero attached hydrogens (tertiary/aromatic N) is 3. The van der Waals surface area contributed by atoms with Gasteiger partial charge in [-0.15, -0.1) is 0 Å². The molecule has 4 heteroatoms. The zero-order chi connectivity index (χ0) is 15.5. The number of rotatable bonds is 3. The topological polar surface area (TPSA) is 19.4 Å². The van der Waals surface area contributed by atoms with Crippen LogP contribution in [0.3, 0.4) is 0 Å². The molecule has 1 aromatic carbocycles. The van der Waals surface area contributed by atoms with E-state index in [0.717, 1.165) is 18.1 Å². The monoisotopic (exact) mass is 327 g/mol. The summed E-state index contributed by atoms with van der Waals surface area (Å²) < 4.78 is 0.